The highest BCUT2D eigenvalue weighted by Crippen LogP contribution is 2.17. The number of nitrogen functional groups attached to an aromatic ring is 1. The number of pyridine rings is 1. The highest BCUT2D eigenvalue weighted by Gasteiger charge is 2.28. The third kappa shape index (κ3) is 5.28. The number of nitrogens with two attached hydrogens (primary N) is 1. The maximum atomic E-state index is 12.1. The molecule has 0 radical (unpaired) electrons. The summed E-state index contributed by atoms with van der Waals surface area (Å²) in [4.78, 5) is 18.1. The fraction of sp³-hybridized carbons (Fsp3) is 0.625. The van der Waals surface area contributed by atoms with Crippen LogP contribution in [0.15, 0.2) is 12.3 Å². The van der Waals surface area contributed by atoms with E-state index in [0.29, 0.717) is 37.7 Å². The standard InChI is InChI=1S/C16H26N4O3/c1-11-7-13(17)14(18-8-11)19-9-12-10-20(5-6-22-12)15(21)23-16(2,3)4/h7-8,12H,5-6,9-10,17H2,1-4H3,(H,18,19). The van der Waals surface area contributed by atoms with Crippen LogP contribution in [0.5, 0.6) is 0 Å². The van der Waals surface area contributed by atoms with Crippen molar-refractivity contribution in [2.45, 2.75) is 39.4 Å². The Morgan fingerprint density at radius 2 is 2.30 bits per heavy atom. The smallest absolute Gasteiger partial charge is 0.410 e. The van der Waals surface area contributed by atoms with E-state index in [1.165, 1.54) is 0 Å². The predicted molar refractivity (Wildman–Crippen MR) is 89.4 cm³/mol. The van der Waals surface area contributed by atoms with Gasteiger partial charge in [0, 0.05) is 19.3 Å². The Bertz CT molecular complexity index is 557. The summed E-state index contributed by atoms with van der Waals surface area (Å²) in [6.45, 7) is 9.55. The van der Waals surface area contributed by atoms with Crippen molar-refractivity contribution in [1.29, 1.82) is 0 Å². The van der Waals surface area contributed by atoms with Crippen LogP contribution in [0.25, 0.3) is 0 Å². The SMILES string of the molecule is Cc1cnc(NCC2CN(C(=O)OC(C)(C)C)CCO2)c(N)c1. The van der Waals surface area contributed by atoms with E-state index in [4.69, 9.17) is 15.2 Å². The zero-order chi connectivity index (χ0) is 17.0. The van der Waals surface area contributed by atoms with E-state index in [1.807, 2.05) is 33.8 Å². The Hall–Kier alpha value is -2.02. The molecule has 0 aromatic carbocycles. The quantitative estimate of drug-likeness (QED) is 0.885. The minimum atomic E-state index is -0.497. The van der Waals surface area contributed by atoms with E-state index < -0.39 is 5.60 Å². The molecule has 23 heavy (non-hydrogen) atoms. The van der Waals surface area contributed by atoms with Crippen LogP contribution in [0.1, 0.15) is 26.3 Å². The van der Waals surface area contributed by atoms with Crippen molar-refractivity contribution >= 4 is 17.6 Å². The molecule has 7 heteroatoms. The number of anilines is 2. The van der Waals surface area contributed by atoms with Gasteiger partial charge in [0.2, 0.25) is 0 Å². The molecule has 1 aliphatic rings. The summed E-state index contributed by atoms with van der Waals surface area (Å²) in [5, 5.41) is 3.18. The summed E-state index contributed by atoms with van der Waals surface area (Å²) in [6, 6.07) is 1.87. The van der Waals surface area contributed by atoms with E-state index in [0.717, 1.165) is 5.56 Å². The van der Waals surface area contributed by atoms with Crippen LogP contribution in [0.2, 0.25) is 0 Å². The third-order valence-electron chi connectivity index (χ3n) is 3.34. The van der Waals surface area contributed by atoms with Crippen LogP contribution < -0.4 is 11.1 Å². The number of ether oxygens (including phenoxy) is 2. The lowest BCUT2D eigenvalue weighted by atomic mass is 10.2. The fourth-order valence-electron chi connectivity index (χ4n) is 2.29. The number of aryl methyl sites for hydroxylation is 1. The summed E-state index contributed by atoms with van der Waals surface area (Å²) in [5.74, 6) is 0.633. The van der Waals surface area contributed by atoms with Crippen molar-refractivity contribution in [3.8, 4) is 0 Å². The average Bonchev–Trinajstić information content (AvgIpc) is 2.45. The van der Waals surface area contributed by atoms with Gasteiger partial charge in [0.15, 0.2) is 0 Å². The monoisotopic (exact) mass is 322 g/mol. The second-order valence-electron chi connectivity index (χ2n) is 6.75. The maximum absolute atomic E-state index is 12.1. The van der Waals surface area contributed by atoms with Gasteiger partial charge in [-0.2, -0.15) is 0 Å². The summed E-state index contributed by atoms with van der Waals surface area (Å²) in [5.41, 5.74) is 7.05. The summed E-state index contributed by atoms with van der Waals surface area (Å²) < 4.78 is 11.1. The average molecular weight is 322 g/mol. The Balaban J connectivity index is 1.87. The fourth-order valence-corrected chi connectivity index (χ4v) is 2.29. The van der Waals surface area contributed by atoms with Gasteiger partial charge in [-0.15, -0.1) is 0 Å². The van der Waals surface area contributed by atoms with Crippen molar-refractivity contribution in [1.82, 2.24) is 9.88 Å². The second kappa shape index (κ2) is 7.04. The molecule has 1 saturated heterocycles. The van der Waals surface area contributed by atoms with Gasteiger partial charge in [0.05, 0.1) is 24.9 Å². The largest absolute Gasteiger partial charge is 0.444 e. The first-order valence-electron chi connectivity index (χ1n) is 7.80. The molecule has 0 saturated carbocycles. The first-order valence-corrected chi connectivity index (χ1v) is 7.80. The number of carbonyl (C=O) groups is 1. The molecular weight excluding hydrogens is 296 g/mol. The van der Waals surface area contributed by atoms with Crippen molar-refractivity contribution < 1.29 is 14.3 Å². The third-order valence-corrected chi connectivity index (χ3v) is 3.34. The molecule has 128 valence electrons. The van der Waals surface area contributed by atoms with E-state index in [-0.39, 0.29) is 12.2 Å². The number of morpholine rings is 1. The number of aromatic nitrogens is 1. The van der Waals surface area contributed by atoms with Gasteiger partial charge >= 0.3 is 6.09 Å². The van der Waals surface area contributed by atoms with Crippen molar-refractivity contribution in [3.63, 3.8) is 0 Å². The van der Waals surface area contributed by atoms with E-state index in [2.05, 4.69) is 10.3 Å². The van der Waals surface area contributed by atoms with E-state index >= 15 is 0 Å². The van der Waals surface area contributed by atoms with Crippen molar-refractivity contribution in [2.75, 3.05) is 37.3 Å². The molecule has 1 aromatic heterocycles. The summed E-state index contributed by atoms with van der Waals surface area (Å²) in [7, 11) is 0. The molecule has 2 heterocycles. The molecule has 2 rings (SSSR count). The van der Waals surface area contributed by atoms with Gasteiger partial charge in [-0.1, -0.05) is 0 Å². The van der Waals surface area contributed by atoms with Crippen LogP contribution in [-0.2, 0) is 9.47 Å². The second-order valence-corrected chi connectivity index (χ2v) is 6.75. The first kappa shape index (κ1) is 17.3. The van der Waals surface area contributed by atoms with Crippen LogP contribution in [0, 0.1) is 6.92 Å². The highest BCUT2D eigenvalue weighted by molar-refractivity contribution is 5.68. The highest BCUT2D eigenvalue weighted by atomic mass is 16.6. The van der Waals surface area contributed by atoms with Crippen molar-refractivity contribution in [2.24, 2.45) is 0 Å². The zero-order valence-corrected chi connectivity index (χ0v) is 14.3. The van der Waals surface area contributed by atoms with Gasteiger partial charge in [-0.05, 0) is 39.3 Å². The van der Waals surface area contributed by atoms with Crippen molar-refractivity contribution in [3.05, 3.63) is 17.8 Å². The molecule has 0 aliphatic carbocycles. The van der Waals surface area contributed by atoms with Gasteiger partial charge in [-0.25, -0.2) is 9.78 Å². The molecule has 1 atom stereocenters. The number of nitrogens with zero attached hydrogens (tertiary/aromatic N) is 2. The Morgan fingerprint density at radius 1 is 1.57 bits per heavy atom. The minimum Gasteiger partial charge on any atom is -0.444 e. The molecule has 0 bridgehead atoms. The minimum absolute atomic E-state index is 0.126. The van der Waals surface area contributed by atoms with E-state index in [1.54, 1.807) is 11.1 Å². The molecule has 1 unspecified atom stereocenters. The van der Waals surface area contributed by atoms with E-state index in [9.17, 15) is 4.79 Å². The number of rotatable bonds is 3. The van der Waals surface area contributed by atoms with Gasteiger partial charge < -0.3 is 25.4 Å². The van der Waals surface area contributed by atoms with Crippen LogP contribution in [0.3, 0.4) is 0 Å². The molecule has 1 fully saturated rings. The number of hydrogen-bond acceptors (Lipinski definition) is 6. The van der Waals surface area contributed by atoms with Gasteiger partial charge in [0.25, 0.3) is 0 Å². The van der Waals surface area contributed by atoms with Gasteiger partial charge in [-0.3, -0.25) is 0 Å². The summed E-state index contributed by atoms with van der Waals surface area (Å²) >= 11 is 0. The van der Waals surface area contributed by atoms with Crippen LogP contribution >= 0.6 is 0 Å². The lowest BCUT2D eigenvalue weighted by Crippen LogP contribution is -2.49. The first-order chi connectivity index (χ1) is 10.7. The number of nitrogens with one attached hydrogen (secondary N) is 1. The zero-order valence-electron chi connectivity index (χ0n) is 14.3. The molecule has 1 aromatic rings. The number of hydrogen-bond donors (Lipinski definition) is 2. The number of carbonyl (C=O) groups excluding carboxylic acids is 1. The topological polar surface area (TPSA) is 89.7 Å². The molecule has 1 amide bonds. The number of amides is 1. The lowest BCUT2D eigenvalue weighted by Gasteiger charge is -2.34. The predicted octanol–water partition coefficient (Wildman–Crippen LogP) is 2.02. The molecular formula is C16H26N4O3. The Labute approximate surface area is 137 Å². The Kier molecular flexibility index (Phi) is 5.30. The van der Waals surface area contributed by atoms with Crippen LogP contribution in [0.4, 0.5) is 16.3 Å². The Morgan fingerprint density at radius 3 is 2.96 bits per heavy atom. The lowest BCUT2D eigenvalue weighted by molar-refractivity contribution is -0.0371. The molecule has 1 aliphatic heterocycles. The summed E-state index contributed by atoms with van der Waals surface area (Å²) in [6.07, 6.45) is 1.32. The normalized spacial score (nSPS) is 18.6. The molecule has 0 spiro atoms. The van der Waals surface area contributed by atoms with Gasteiger partial charge in [0.1, 0.15) is 11.4 Å². The molecule has 3 N–H and O–H groups in total. The maximum Gasteiger partial charge on any atom is 0.410 e. The van der Waals surface area contributed by atoms with Crippen LogP contribution in [-0.4, -0.2) is 53.9 Å². The molecule has 7 nitrogen and oxygen atoms in total.